The average molecular weight is 528 g/mol. The van der Waals surface area contributed by atoms with Crippen molar-refractivity contribution in [1.29, 1.82) is 0 Å². The van der Waals surface area contributed by atoms with E-state index in [4.69, 9.17) is 27.9 Å². The van der Waals surface area contributed by atoms with Crippen molar-refractivity contribution in [2.75, 3.05) is 7.11 Å². The zero-order chi connectivity index (χ0) is 26.4. The molecule has 1 aromatic heterocycles. The first-order valence-corrected chi connectivity index (χ1v) is 11.9. The molecule has 3 rings (SSSR count). The lowest BCUT2D eigenvalue weighted by Crippen LogP contribution is -2.49. The van der Waals surface area contributed by atoms with Gasteiger partial charge in [0.2, 0.25) is 5.91 Å². The first-order chi connectivity index (χ1) is 17.1. The lowest BCUT2D eigenvalue weighted by Gasteiger charge is -2.23. The summed E-state index contributed by atoms with van der Waals surface area (Å²) in [4.78, 5) is 30.1. The highest BCUT2D eigenvalue weighted by molar-refractivity contribution is 6.31. The fourth-order valence-corrected chi connectivity index (χ4v) is 3.92. The number of nitrogens with zero attached hydrogens (tertiary/aromatic N) is 1. The van der Waals surface area contributed by atoms with E-state index in [1.54, 1.807) is 31.2 Å². The van der Waals surface area contributed by atoms with E-state index in [-0.39, 0.29) is 17.4 Å². The molecule has 0 saturated heterocycles. The molecule has 0 fully saturated rings. The van der Waals surface area contributed by atoms with Crippen LogP contribution in [0.1, 0.15) is 42.4 Å². The molecule has 0 spiro atoms. The van der Waals surface area contributed by atoms with E-state index in [1.807, 2.05) is 38.1 Å². The molecule has 3 N–H and O–H groups in total. The second kappa shape index (κ2) is 11.9. The topological polar surface area (TPSA) is 101 Å². The van der Waals surface area contributed by atoms with Gasteiger partial charge in [-0.05, 0) is 48.2 Å². The molecule has 0 unspecified atom stereocenters. The number of hydrogen-bond acceptors (Lipinski definition) is 5. The van der Waals surface area contributed by atoms with E-state index < -0.39 is 23.6 Å². The summed E-state index contributed by atoms with van der Waals surface area (Å²) in [7, 11) is 1.37. The predicted octanol–water partition coefficient (Wildman–Crippen LogP) is 5.45. The Labute approximate surface area is 220 Å². The Hall–Kier alpha value is -3.55. The zero-order valence-electron chi connectivity index (χ0n) is 20.3. The molecule has 0 radical (unpaired) electrons. The highest BCUT2D eigenvalue weighted by Gasteiger charge is 2.28. The molecule has 1 atom stereocenters. The van der Waals surface area contributed by atoms with Gasteiger partial charge in [-0.15, -0.1) is 0 Å². The van der Waals surface area contributed by atoms with Crippen LogP contribution in [-0.4, -0.2) is 35.1 Å². The molecule has 0 aliphatic heterocycles. The van der Waals surface area contributed by atoms with Gasteiger partial charge >= 0.3 is 0 Å². The molecule has 3 aromatic rings. The van der Waals surface area contributed by atoms with E-state index >= 15 is 0 Å². The van der Waals surface area contributed by atoms with Gasteiger partial charge in [0.15, 0.2) is 17.2 Å². The summed E-state index contributed by atoms with van der Waals surface area (Å²) in [5, 5.41) is 17.1. The van der Waals surface area contributed by atoms with Gasteiger partial charge in [-0.25, -0.2) is 4.98 Å². The summed E-state index contributed by atoms with van der Waals surface area (Å²) >= 11 is 12.2. The molecule has 9 heteroatoms. The lowest BCUT2D eigenvalue weighted by molar-refractivity contribution is -0.123. The van der Waals surface area contributed by atoms with E-state index in [0.717, 1.165) is 16.7 Å². The first-order valence-electron chi connectivity index (χ1n) is 11.2. The summed E-state index contributed by atoms with van der Waals surface area (Å²) in [6.45, 7) is 5.40. The van der Waals surface area contributed by atoms with E-state index in [1.165, 1.54) is 19.4 Å². The van der Waals surface area contributed by atoms with Crippen molar-refractivity contribution < 1.29 is 19.4 Å². The van der Waals surface area contributed by atoms with Crippen LogP contribution in [0.15, 0.2) is 66.5 Å². The number of rotatable bonds is 8. The van der Waals surface area contributed by atoms with Crippen LogP contribution in [0.2, 0.25) is 10.0 Å². The Morgan fingerprint density at radius 2 is 1.47 bits per heavy atom. The highest BCUT2D eigenvalue weighted by atomic mass is 35.5. The summed E-state index contributed by atoms with van der Waals surface area (Å²) in [5.74, 6) is -1.67. The number of allylic oxidation sites excluding steroid dienone is 1. The fourth-order valence-electron chi connectivity index (χ4n) is 3.67. The van der Waals surface area contributed by atoms with Crippen molar-refractivity contribution in [3.8, 4) is 11.5 Å². The Kier molecular flexibility index (Phi) is 8.96. The van der Waals surface area contributed by atoms with Gasteiger partial charge in [0, 0.05) is 33.6 Å². The lowest BCUT2D eigenvalue weighted by atomic mass is 9.95. The van der Waals surface area contributed by atoms with Crippen molar-refractivity contribution in [2.24, 2.45) is 5.92 Å². The van der Waals surface area contributed by atoms with Gasteiger partial charge in [-0.2, -0.15) is 0 Å². The number of nitrogens with one attached hydrogen (secondary N) is 2. The SMILES string of the molecule is COc1ccnc(C(=O)N[C@H](C(=O)NC(C)=C(c2ccc(Cl)cc2)c2ccc(Cl)cc2)C(C)C)c1O. The molecule has 7 nitrogen and oxygen atoms in total. The quantitative estimate of drug-likeness (QED) is 0.361. The Morgan fingerprint density at radius 1 is 0.944 bits per heavy atom. The third-order valence-corrected chi connectivity index (χ3v) is 6.01. The second-order valence-electron chi connectivity index (χ2n) is 8.41. The number of amides is 2. The number of ether oxygens (including phenoxy) is 1. The molecular weight excluding hydrogens is 501 g/mol. The molecule has 0 aliphatic carbocycles. The fraction of sp³-hybridized carbons (Fsp3) is 0.222. The maximum Gasteiger partial charge on any atom is 0.274 e. The maximum atomic E-state index is 13.3. The average Bonchev–Trinajstić information content (AvgIpc) is 2.84. The van der Waals surface area contributed by atoms with Gasteiger partial charge in [-0.1, -0.05) is 61.3 Å². The standard InChI is InChI=1S/C27H27Cl2N3O4/c1-15(2)23(32-27(35)24-25(33)21(36-4)13-14-30-24)26(34)31-16(3)22(17-5-9-19(28)10-6-17)18-7-11-20(29)12-8-18/h5-15,23,33H,1-4H3,(H,31,34)(H,32,35)/t23-/m0/s1. The highest BCUT2D eigenvalue weighted by Crippen LogP contribution is 2.29. The van der Waals surface area contributed by atoms with Gasteiger partial charge in [0.1, 0.15) is 6.04 Å². The van der Waals surface area contributed by atoms with E-state index in [9.17, 15) is 14.7 Å². The summed E-state index contributed by atoms with van der Waals surface area (Å²) in [6.07, 6.45) is 1.34. The molecule has 0 aliphatic rings. The van der Waals surface area contributed by atoms with E-state index in [0.29, 0.717) is 15.7 Å². The summed E-state index contributed by atoms with van der Waals surface area (Å²) in [6, 6.07) is 15.1. The molecule has 36 heavy (non-hydrogen) atoms. The second-order valence-corrected chi connectivity index (χ2v) is 9.28. The van der Waals surface area contributed by atoms with Gasteiger partial charge in [0.25, 0.3) is 5.91 Å². The van der Waals surface area contributed by atoms with Crippen LogP contribution >= 0.6 is 23.2 Å². The molecule has 188 valence electrons. The molecule has 0 saturated carbocycles. The van der Waals surface area contributed by atoms with Crippen molar-refractivity contribution in [3.63, 3.8) is 0 Å². The van der Waals surface area contributed by atoms with Gasteiger partial charge in [-0.3, -0.25) is 9.59 Å². The van der Waals surface area contributed by atoms with Crippen molar-refractivity contribution >= 4 is 40.6 Å². The first kappa shape index (κ1) is 27.0. The minimum Gasteiger partial charge on any atom is -0.503 e. The van der Waals surface area contributed by atoms with Crippen molar-refractivity contribution in [3.05, 3.63) is 93.4 Å². The number of carbonyl (C=O) groups is 2. The third kappa shape index (κ3) is 6.36. The Balaban J connectivity index is 1.93. The van der Waals surface area contributed by atoms with Crippen LogP contribution < -0.4 is 15.4 Å². The molecule has 2 aromatic carbocycles. The predicted molar refractivity (Wildman–Crippen MR) is 141 cm³/mol. The Bertz CT molecular complexity index is 1230. The van der Waals surface area contributed by atoms with Crippen LogP contribution in [0.4, 0.5) is 0 Å². The smallest absolute Gasteiger partial charge is 0.274 e. The third-order valence-electron chi connectivity index (χ3n) is 5.51. The number of benzene rings is 2. The van der Waals surface area contributed by atoms with Gasteiger partial charge in [0.05, 0.1) is 7.11 Å². The van der Waals surface area contributed by atoms with Gasteiger partial charge < -0.3 is 20.5 Å². The van der Waals surface area contributed by atoms with Crippen LogP contribution in [0.5, 0.6) is 11.5 Å². The van der Waals surface area contributed by atoms with Crippen LogP contribution in [0.3, 0.4) is 0 Å². The molecule has 1 heterocycles. The molecule has 2 amide bonds. The molecular formula is C27H27Cl2N3O4. The monoisotopic (exact) mass is 527 g/mol. The number of aromatic hydroxyl groups is 1. The van der Waals surface area contributed by atoms with E-state index in [2.05, 4.69) is 15.6 Å². The molecule has 0 bridgehead atoms. The number of hydrogen-bond donors (Lipinski definition) is 3. The zero-order valence-corrected chi connectivity index (χ0v) is 21.8. The number of halogens is 2. The maximum absolute atomic E-state index is 13.3. The normalized spacial score (nSPS) is 11.5. The number of methoxy groups -OCH3 is 1. The Morgan fingerprint density at radius 3 is 1.94 bits per heavy atom. The number of aromatic nitrogens is 1. The summed E-state index contributed by atoms with van der Waals surface area (Å²) in [5.41, 5.74) is 2.80. The van der Waals surface area contributed by atoms with Crippen molar-refractivity contribution in [1.82, 2.24) is 15.6 Å². The summed E-state index contributed by atoms with van der Waals surface area (Å²) < 4.78 is 5.04. The van der Waals surface area contributed by atoms with Crippen LogP contribution in [-0.2, 0) is 4.79 Å². The van der Waals surface area contributed by atoms with Crippen molar-refractivity contribution in [2.45, 2.75) is 26.8 Å². The minimum atomic E-state index is -0.906. The number of carbonyl (C=O) groups excluding carboxylic acids is 2. The number of pyridine rings is 1. The van der Waals surface area contributed by atoms with Crippen LogP contribution in [0, 0.1) is 5.92 Å². The minimum absolute atomic E-state index is 0.107. The van der Waals surface area contributed by atoms with Crippen LogP contribution in [0.25, 0.3) is 5.57 Å². The largest absolute Gasteiger partial charge is 0.503 e.